The lowest BCUT2D eigenvalue weighted by atomic mass is 10.1. The van der Waals surface area contributed by atoms with Crippen LogP contribution in [0.15, 0.2) is 22.8 Å². The summed E-state index contributed by atoms with van der Waals surface area (Å²) >= 11 is 3.59. The van der Waals surface area contributed by atoms with Crippen LogP contribution in [0.4, 0.5) is 0 Å². The van der Waals surface area contributed by atoms with E-state index in [0.29, 0.717) is 6.54 Å². The lowest BCUT2D eigenvalue weighted by Crippen LogP contribution is -2.06. The molecule has 4 heteroatoms. The second-order valence-electron chi connectivity index (χ2n) is 3.63. The fourth-order valence-corrected chi connectivity index (χ4v) is 2.47. The average Bonchev–Trinajstić information content (AvgIpc) is 2.54. The van der Waals surface area contributed by atoms with E-state index in [9.17, 15) is 0 Å². The number of hydrogen-bond donors (Lipinski definition) is 1. The van der Waals surface area contributed by atoms with Gasteiger partial charge < -0.3 is 5.73 Å². The van der Waals surface area contributed by atoms with E-state index in [4.69, 9.17) is 5.73 Å². The van der Waals surface area contributed by atoms with Gasteiger partial charge >= 0.3 is 0 Å². The Balaban J connectivity index is 2.50. The molecule has 2 aromatic rings. The number of aryl methyl sites for hydroxylation is 2. The molecule has 0 aliphatic heterocycles. The van der Waals surface area contributed by atoms with Crippen LogP contribution in [-0.2, 0) is 6.54 Å². The van der Waals surface area contributed by atoms with Gasteiger partial charge in [-0.1, -0.05) is 12.1 Å². The van der Waals surface area contributed by atoms with Crippen LogP contribution in [0.25, 0.3) is 10.9 Å². The fourth-order valence-electron chi connectivity index (χ4n) is 1.70. The van der Waals surface area contributed by atoms with Crippen molar-refractivity contribution in [2.24, 2.45) is 5.73 Å². The van der Waals surface area contributed by atoms with Crippen molar-refractivity contribution < 1.29 is 0 Å². The molecule has 0 aliphatic carbocycles. The second kappa shape index (κ2) is 4.33. The molecule has 0 saturated carbocycles. The largest absolute Gasteiger partial charge is 0.330 e. The molecular weight excluding hydrogens is 254 g/mol. The third-order valence-corrected chi connectivity index (χ3v) is 3.29. The van der Waals surface area contributed by atoms with Crippen LogP contribution >= 0.6 is 15.9 Å². The zero-order valence-corrected chi connectivity index (χ0v) is 10.3. The lowest BCUT2D eigenvalue weighted by Gasteiger charge is -2.00. The highest BCUT2D eigenvalue weighted by Gasteiger charge is 2.09. The minimum absolute atomic E-state index is 0.696. The van der Waals surface area contributed by atoms with Crippen LogP contribution in [0.1, 0.15) is 12.0 Å². The number of benzene rings is 1. The molecule has 0 bridgehead atoms. The van der Waals surface area contributed by atoms with Crippen LogP contribution in [0.2, 0.25) is 0 Å². The summed E-state index contributed by atoms with van der Waals surface area (Å²) < 4.78 is 3.04. The van der Waals surface area contributed by atoms with Gasteiger partial charge in [-0.3, -0.25) is 4.68 Å². The van der Waals surface area contributed by atoms with Crippen LogP contribution in [-0.4, -0.2) is 16.3 Å². The Bertz CT molecular complexity index is 476. The highest BCUT2D eigenvalue weighted by atomic mass is 79.9. The number of nitrogens with two attached hydrogens (primary N) is 1. The second-order valence-corrected chi connectivity index (χ2v) is 4.38. The normalized spacial score (nSPS) is 11.1. The van der Waals surface area contributed by atoms with E-state index in [1.165, 1.54) is 10.9 Å². The van der Waals surface area contributed by atoms with Crippen molar-refractivity contribution in [1.29, 1.82) is 0 Å². The van der Waals surface area contributed by atoms with E-state index in [0.717, 1.165) is 23.1 Å². The molecule has 15 heavy (non-hydrogen) atoms. The maximum Gasteiger partial charge on any atom is 0.112 e. The maximum absolute atomic E-state index is 5.49. The van der Waals surface area contributed by atoms with E-state index in [2.05, 4.69) is 34.0 Å². The van der Waals surface area contributed by atoms with Gasteiger partial charge in [0, 0.05) is 11.9 Å². The van der Waals surface area contributed by atoms with Gasteiger partial charge in [-0.2, -0.15) is 5.10 Å². The zero-order chi connectivity index (χ0) is 10.8. The van der Waals surface area contributed by atoms with Crippen molar-refractivity contribution >= 4 is 26.8 Å². The highest BCUT2D eigenvalue weighted by Crippen LogP contribution is 2.26. The quantitative estimate of drug-likeness (QED) is 0.929. The molecule has 1 aromatic carbocycles. The number of rotatable bonds is 3. The van der Waals surface area contributed by atoms with E-state index in [1.54, 1.807) is 0 Å². The minimum Gasteiger partial charge on any atom is -0.330 e. The topological polar surface area (TPSA) is 43.8 Å². The van der Waals surface area contributed by atoms with Crippen molar-refractivity contribution in [3.8, 4) is 0 Å². The van der Waals surface area contributed by atoms with Crippen LogP contribution in [0.3, 0.4) is 0 Å². The zero-order valence-electron chi connectivity index (χ0n) is 8.70. The van der Waals surface area contributed by atoms with Gasteiger partial charge in [0.05, 0.1) is 5.52 Å². The van der Waals surface area contributed by atoms with Gasteiger partial charge in [0.1, 0.15) is 4.60 Å². The van der Waals surface area contributed by atoms with E-state index in [-0.39, 0.29) is 0 Å². The Morgan fingerprint density at radius 1 is 1.47 bits per heavy atom. The molecule has 0 amide bonds. The number of halogens is 1. The van der Waals surface area contributed by atoms with Crippen molar-refractivity contribution in [3.63, 3.8) is 0 Å². The van der Waals surface area contributed by atoms with E-state index in [1.807, 2.05) is 16.8 Å². The van der Waals surface area contributed by atoms with Crippen LogP contribution in [0.5, 0.6) is 0 Å². The third kappa shape index (κ3) is 1.92. The lowest BCUT2D eigenvalue weighted by molar-refractivity contribution is 0.580. The molecule has 0 unspecified atom stereocenters. The summed E-state index contributed by atoms with van der Waals surface area (Å²) in [6, 6.07) is 6.17. The molecule has 0 atom stereocenters. The first-order valence-electron chi connectivity index (χ1n) is 5.05. The molecule has 3 nitrogen and oxygen atoms in total. The number of hydrogen-bond acceptors (Lipinski definition) is 2. The first-order valence-corrected chi connectivity index (χ1v) is 5.85. The Morgan fingerprint density at radius 2 is 2.27 bits per heavy atom. The van der Waals surface area contributed by atoms with Crippen molar-refractivity contribution in [3.05, 3.63) is 28.4 Å². The number of nitrogens with zero attached hydrogens (tertiary/aromatic N) is 2. The standard InChI is InChI=1S/C11H14BrN3/c1-8-4-2-5-9-10(8)11(12)15(14-9)7-3-6-13/h2,4-5H,3,6-7,13H2,1H3. The summed E-state index contributed by atoms with van der Waals surface area (Å²) in [4.78, 5) is 0. The van der Waals surface area contributed by atoms with Gasteiger partial charge in [0.2, 0.25) is 0 Å². The molecule has 1 heterocycles. The predicted molar refractivity (Wildman–Crippen MR) is 65.8 cm³/mol. The monoisotopic (exact) mass is 267 g/mol. The van der Waals surface area contributed by atoms with Gasteiger partial charge in [-0.15, -0.1) is 0 Å². The smallest absolute Gasteiger partial charge is 0.112 e. The SMILES string of the molecule is Cc1cccc2nn(CCCN)c(Br)c12. The summed E-state index contributed by atoms with van der Waals surface area (Å²) in [5.74, 6) is 0. The van der Waals surface area contributed by atoms with Gasteiger partial charge in [0.25, 0.3) is 0 Å². The Labute approximate surface area is 97.4 Å². The predicted octanol–water partition coefficient (Wildman–Crippen LogP) is 2.46. The van der Waals surface area contributed by atoms with Gasteiger partial charge in [-0.05, 0) is 47.4 Å². The number of fused-ring (bicyclic) bond motifs is 1. The van der Waals surface area contributed by atoms with Gasteiger partial charge in [0.15, 0.2) is 0 Å². The minimum atomic E-state index is 0.696. The van der Waals surface area contributed by atoms with Crippen molar-refractivity contribution in [2.75, 3.05) is 6.54 Å². The molecule has 0 saturated heterocycles. The Morgan fingerprint density at radius 3 is 2.93 bits per heavy atom. The summed E-state index contributed by atoms with van der Waals surface area (Å²) in [5.41, 5.74) is 7.78. The summed E-state index contributed by atoms with van der Waals surface area (Å²) in [6.45, 7) is 3.66. The maximum atomic E-state index is 5.49. The van der Waals surface area contributed by atoms with E-state index >= 15 is 0 Å². The Hall–Kier alpha value is -0.870. The van der Waals surface area contributed by atoms with Crippen LogP contribution < -0.4 is 5.73 Å². The van der Waals surface area contributed by atoms with Crippen LogP contribution in [0, 0.1) is 6.92 Å². The average molecular weight is 268 g/mol. The Kier molecular flexibility index (Phi) is 3.07. The molecule has 0 aliphatic rings. The van der Waals surface area contributed by atoms with Crippen molar-refractivity contribution in [2.45, 2.75) is 19.9 Å². The molecule has 0 fully saturated rings. The first-order chi connectivity index (χ1) is 7.24. The summed E-state index contributed by atoms with van der Waals surface area (Å²) in [5, 5.41) is 5.73. The van der Waals surface area contributed by atoms with Gasteiger partial charge in [-0.25, -0.2) is 0 Å². The fraction of sp³-hybridized carbons (Fsp3) is 0.364. The molecule has 2 rings (SSSR count). The molecule has 80 valence electrons. The first kappa shape index (κ1) is 10.6. The third-order valence-electron chi connectivity index (χ3n) is 2.49. The molecule has 0 radical (unpaired) electrons. The summed E-state index contributed by atoms with van der Waals surface area (Å²) in [6.07, 6.45) is 0.950. The highest BCUT2D eigenvalue weighted by molar-refractivity contribution is 9.10. The summed E-state index contributed by atoms with van der Waals surface area (Å²) in [7, 11) is 0. The van der Waals surface area contributed by atoms with E-state index < -0.39 is 0 Å². The number of aromatic nitrogens is 2. The molecular formula is C11H14BrN3. The molecule has 1 aromatic heterocycles. The van der Waals surface area contributed by atoms with Crippen molar-refractivity contribution in [1.82, 2.24) is 9.78 Å². The molecule has 0 spiro atoms. The molecule has 2 N–H and O–H groups in total.